The van der Waals surface area contributed by atoms with Crippen LogP contribution in [-0.2, 0) is 16.1 Å². The first-order valence-corrected chi connectivity index (χ1v) is 7.41. The zero-order chi connectivity index (χ0) is 17.1. The topological polar surface area (TPSA) is 109 Å². The van der Waals surface area contributed by atoms with Gasteiger partial charge in [-0.15, -0.1) is 0 Å². The maximum atomic E-state index is 13.1. The van der Waals surface area contributed by atoms with E-state index in [1.54, 1.807) is 19.9 Å². The van der Waals surface area contributed by atoms with Crippen LogP contribution < -0.4 is 5.32 Å². The van der Waals surface area contributed by atoms with Crippen molar-refractivity contribution in [1.82, 2.24) is 30.5 Å². The molecule has 0 saturated heterocycles. The summed E-state index contributed by atoms with van der Waals surface area (Å²) < 4.78 is 18.5. The maximum absolute atomic E-state index is 13.1. The van der Waals surface area contributed by atoms with Crippen molar-refractivity contribution in [2.45, 2.75) is 26.5 Å². The lowest BCUT2D eigenvalue weighted by Crippen LogP contribution is -2.30. The zero-order valence-electron chi connectivity index (χ0n) is 13.3. The average Bonchev–Trinajstić information content (AvgIpc) is 3.12. The third kappa shape index (κ3) is 3.74. The number of aryl methyl sites for hydroxylation is 1. The van der Waals surface area contributed by atoms with E-state index >= 15 is 0 Å². The molecule has 2 heterocycles. The summed E-state index contributed by atoms with van der Waals surface area (Å²) in [7, 11) is 0. The Morgan fingerprint density at radius 1 is 1.42 bits per heavy atom. The molecule has 0 fully saturated rings. The number of nitrogens with one attached hydrogen (secondary N) is 3. The van der Waals surface area contributed by atoms with Gasteiger partial charge in [-0.2, -0.15) is 5.10 Å². The second-order valence-electron chi connectivity index (χ2n) is 5.41. The summed E-state index contributed by atoms with van der Waals surface area (Å²) in [4.78, 5) is 23.2. The third-order valence-electron chi connectivity index (χ3n) is 3.34. The molecule has 0 radical (unpaired) electrons. The molecule has 24 heavy (non-hydrogen) atoms. The van der Waals surface area contributed by atoms with Crippen LogP contribution in [0.15, 0.2) is 18.2 Å². The third-order valence-corrected chi connectivity index (χ3v) is 3.34. The van der Waals surface area contributed by atoms with E-state index in [1.165, 1.54) is 12.1 Å². The highest BCUT2D eigenvalue weighted by Crippen LogP contribution is 2.13. The van der Waals surface area contributed by atoms with Crippen LogP contribution in [0.5, 0.6) is 0 Å². The SMILES string of the molecule is Cc1nc(C(C)NC(=O)COCc2nc3ccc(F)cc3[nH]2)n[nH]1. The predicted octanol–water partition coefficient (Wildman–Crippen LogP) is 1.52. The smallest absolute Gasteiger partial charge is 0.246 e. The van der Waals surface area contributed by atoms with E-state index < -0.39 is 0 Å². The second-order valence-corrected chi connectivity index (χ2v) is 5.41. The number of amides is 1. The van der Waals surface area contributed by atoms with Gasteiger partial charge >= 0.3 is 0 Å². The van der Waals surface area contributed by atoms with Gasteiger partial charge in [0.2, 0.25) is 5.91 Å². The number of aromatic amines is 2. The van der Waals surface area contributed by atoms with Gasteiger partial charge in [-0.3, -0.25) is 9.89 Å². The number of aromatic nitrogens is 5. The van der Waals surface area contributed by atoms with Crippen LogP contribution in [0.1, 0.15) is 30.4 Å². The van der Waals surface area contributed by atoms with Crippen LogP contribution in [0.4, 0.5) is 4.39 Å². The van der Waals surface area contributed by atoms with Crippen molar-refractivity contribution in [2.75, 3.05) is 6.61 Å². The molecule has 3 rings (SSSR count). The molecule has 9 heteroatoms. The summed E-state index contributed by atoms with van der Waals surface area (Å²) in [5.74, 6) is 1.10. The van der Waals surface area contributed by atoms with Crippen LogP contribution in [0.25, 0.3) is 11.0 Å². The number of carbonyl (C=O) groups excluding carboxylic acids is 1. The molecular formula is C15H17FN6O2. The summed E-state index contributed by atoms with van der Waals surface area (Å²) >= 11 is 0. The van der Waals surface area contributed by atoms with E-state index in [-0.39, 0.29) is 31.0 Å². The van der Waals surface area contributed by atoms with Crippen molar-refractivity contribution in [2.24, 2.45) is 0 Å². The monoisotopic (exact) mass is 332 g/mol. The van der Waals surface area contributed by atoms with Crippen LogP contribution in [0, 0.1) is 12.7 Å². The molecule has 0 aliphatic rings. The minimum absolute atomic E-state index is 0.123. The summed E-state index contributed by atoms with van der Waals surface area (Å²) in [6.45, 7) is 3.57. The van der Waals surface area contributed by atoms with Gasteiger partial charge in [0.25, 0.3) is 0 Å². The molecule has 2 aromatic heterocycles. The molecule has 0 bridgehead atoms. The first-order valence-electron chi connectivity index (χ1n) is 7.41. The fourth-order valence-corrected chi connectivity index (χ4v) is 2.24. The largest absolute Gasteiger partial charge is 0.364 e. The normalized spacial score (nSPS) is 12.5. The molecule has 3 N–H and O–H groups in total. The van der Waals surface area contributed by atoms with Crippen LogP contribution >= 0.6 is 0 Å². The van der Waals surface area contributed by atoms with Crippen molar-refractivity contribution in [1.29, 1.82) is 0 Å². The van der Waals surface area contributed by atoms with Gasteiger partial charge in [-0.05, 0) is 32.0 Å². The summed E-state index contributed by atoms with van der Waals surface area (Å²) in [6, 6.07) is 3.96. The van der Waals surface area contributed by atoms with Gasteiger partial charge in [0.05, 0.1) is 17.1 Å². The Labute approximate surface area is 136 Å². The Bertz CT molecular complexity index is 859. The summed E-state index contributed by atoms with van der Waals surface area (Å²) in [5.41, 5.74) is 1.24. The highest BCUT2D eigenvalue weighted by molar-refractivity contribution is 5.77. The molecule has 1 amide bonds. The molecule has 0 aliphatic carbocycles. The van der Waals surface area contributed by atoms with E-state index in [2.05, 4.69) is 30.5 Å². The lowest BCUT2D eigenvalue weighted by molar-refractivity contribution is -0.126. The summed E-state index contributed by atoms with van der Waals surface area (Å²) in [5, 5.41) is 9.45. The van der Waals surface area contributed by atoms with E-state index in [9.17, 15) is 9.18 Å². The quantitative estimate of drug-likeness (QED) is 0.634. The van der Waals surface area contributed by atoms with Gasteiger partial charge in [0.1, 0.15) is 30.7 Å². The molecule has 1 atom stereocenters. The zero-order valence-corrected chi connectivity index (χ0v) is 13.3. The van der Waals surface area contributed by atoms with Crippen molar-refractivity contribution >= 4 is 16.9 Å². The molecule has 8 nitrogen and oxygen atoms in total. The minimum Gasteiger partial charge on any atom is -0.364 e. The first kappa shape index (κ1) is 16.1. The molecule has 0 saturated carbocycles. The molecule has 0 aliphatic heterocycles. The lowest BCUT2D eigenvalue weighted by atomic mass is 10.3. The Morgan fingerprint density at radius 3 is 3.00 bits per heavy atom. The van der Waals surface area contributed by atoms with E-state index in [0.29, 0.717) is 28.5 Å². The van der Waals surface area contributed by atoms with Crippen molar-refractivity contribution in [3.05, 3.63) is 41.5 Å². The number of nitrogens with zero attached hydrogens (tertiary/aromatic N) is 3. The second kappa shape index (κ2) is 6.75. The number of H-pyrrole nitrogens is 2. The fourth-order valence-electron chi connectivity index (χ4n) is 2.24. The molecule has 0 spiro atoms. The van der Waals surface area contributed by atoms with Gasteiger partial charge in [-0.25, -0.2) is 14.4 Å². The highest BCUT2D eigenvalue weighted by atomic mass is 19.1. The molecular weight excluding hydrogens is 315 g/mol. The van der Waals surface area contributed by atoms with Gasteiger partial charge in [0, 0.05) is 0 Å². The number of halogens is 1. The van der Waals surface area contributed by atoms with Crippen LogP contribution in [0.2, 0.25) is 0 Å². The Hall–Kier alpha value is -2.81. The molecule has 126 valence electrons. The number of hydrogen-bond acceptors (Lipinski definition) is 5. The molecule has 1 unspecified atom stereocenters. The average molecular weight is 332 g/mol. The Morgan fingerprint density at radius 2 is 2.25 bits per heavy atom. The van der Waals surface area contributed by atoms with E-state index in [1.807, 2.05) is 0 Å². The number of carbonyl (C=O) groups is 1. The first-order chi connectivity index (χ1) is 11.5. The number of fused-ring (bicyclic) bond motifs is 1. The van der Waals surface area contributed by atoms with E-state index in [4.69, 9.17) is 4.74 Å². The minimum atomic E-state index is -0.339. The number of rotatable bonds is 6. The Balaban J connectivity index is 1.49. The number of imidazole rings is 1. The maximum Gasteiger partial charge on any atom is 0.246 e. The van der Waals surface area contributed by atoms with Gasteiger partial charge in [0.15, 0.2) is 5.82 Å². The lowest BCUT2D eigenvalue weighted by Gasteiger charge is -2.10. The van der Waals surface area contributed by atoms with Crippen LogP contribution in [-0.4, -0.2) is 37.7 Å². The summed E-state index contributed by atoms with van der Waals surface area (Å²) in [6.07, 6.45) is 0. The predicted molar refractivity (Wildman–Crippen MR) is 83.4 cm³/mol. The number of hydrogen-bond donors (Lipinski definition) is 3. The van der Waals surface area contributed by atoms with Crippen LogP contribution in [0.3, 0.4) is 0 Å². The van der Waals surface area contributed by atoms with Gasteiger partial charge in [-0.1, -0.05) is 0 Å². The van der Waals surface area contributed by atoms with E-state index in [0.717, 1.165) is 0 Å². The number of benzene rings is 1. The van der Waals surface area contributed by atoms with Gasteiger partial charge < -0.3 is 15.0 Å². The Kier molecular flexibility index (Phi) is 4.52. The van der Waals surface area contributed by atoms with Crippen molar-refractivity contribution < 1.29 is 13.9 Å². The molecule has 3 aromatic rings. The van der Waals surface area contributed by atoms with Crippen molar-refractivity contribution in [3.63, 3.8) is 0 Å². The number of ether oxygens (including phenoxy) is 1. The highest BCUT2D eigenvalue weighted by Gasteiger charge is 2.14. The fraction of sp³-hybridized carbons (Fsp3) is 0.333. The standard InChI is InChI=1S/C15H17FN6O2/c1-8(15-18-9(2)21-22-15)17-14(23)7-24-6-13-19-11-4-3-10(16)5-12(11)20-13/h3-5,8H,6-7H2,1-2H3,(H,17,23)(H,19,20)(H,18,21,22). The molecule has 1 aromatic carbocycles. The van der Waals surface area contributed by atoms with Crippen molar-refractivity contribution in [3.8, 4) is 0 Å².